The van der Waals surface area contributed by atoms with Gasteiger partial charge < -0.3 is 20.9 Å². The van der Waals surface area contributed by atoms with Gasteiger partial charge in [-0.25, -0.2) is 0 Å². The summed E-state index contributed by atoms with van der Waals surface area (Å²) in [5.74, 6) is 0.387. The number of nitrogens with one attached hydrogen (secondary N) is 1. The van der Waals surface area contributed by atoms with Gasteiger partial charge in [-0.05, 0) is 24.1 Å². The first-order valence-electron chi connectivity index (χ1n) is 6.01. The van der Waals surface area contributed by atoms with E-state index in [1.165, 1.54) is 0 Å². The fourth-order valence-corrected chi connectivity index (χ4v) is 1.42. The van der Waals surface area contributed by atoms with Gasteiger partial charge in [-0.3, -0.25) is 4.79 Å². The highest BCUT2D eigenvalue weighted by Gasteiger charge is 2.09. The summed E-state index contributed by atoms with van der Waals surface area (Å²) < 4.78 is 5.32. The van der Waals surface area contributed by atoms with Crippen LogP contribution in [0.15, 0.2) is 24.3 Å². The highest BCUT2D eigenvalue weighted by atomic mass is 16.5. The van der Waals surface area contributed by atoms with Crippen LogP contribution in [0.1, 0.15) is 18.9 Å². The van der Waals surface area contributed by atoms with Crippen molar-refractivity contribution in [3.05, 3.63) is 29.8 Å². The van der Waals surface area contributed by atoms with Crippen LogP contribution < -0.4 is 15.8 Å². The fraction of sp³-hybridized carbons (Fsp3) is 0.462. The third-order valence-electron chi connectivity index (χ3n) is 2.61. The molecular weight excluding hydrogens is 232 g/mol. The predicted molar refractivity (Wildman–Crippen MR) is 69.1 cm³/mol. The third kappa shape index (κ3) is 4.73. The number of hydrogen-bond donors (Lipinski definition) is 3. The summed E-state index contributed by atoms with van der Waals surface area (Å²) in [6.45, 7) is 2.26. The summed E-state index contributed by atoms with van der Waals surface area (Å²) in [7, 11) is 0. The molecule has 0 saturated carbocycles. The molecule has 0 bridgehead atoms. The van der Waals surface area contributed by atoms with E-state index in [9.17, 15) is 4.79 Å². The molecule has 0 aliphatic heterocycles. The van der Waals surface area contributed by atoms with E-state index < -0.39 is 0 Å². The Morgan fingerprint density at radius 2 is 2.11 bits per heavy atom. The normalized spacial score (nSPS) is 11.9. The zero-order valence-corrected chi connectivity index (χ0v) is 10.6. The van der Waals surface area contributed by atoms with Crippen molar-refractivity contribution in [2.45, 2.75) is 25.9 Å². The summed E-state index contributed by atoms with van der Waals surface area (Å²) in [5.41, 5.74) is 6.49. The van der Waals surface area contributed by atoms with E-state index in [-0.39, 0.29) is 25.2 Å². The van der Waals surface area contributed by atoms with Gasteiger partial charge >= 0.3 is 0 Å². The number of aliphatic hydroxyl groups is 1. The van der Waals surface area contributed by atoms with Crippen LogP contribution in [0.3, 0.4) is 0 Å². The Balaban J connectivity index is 2.37. The van der Waals surface area contributed by atoms with Gasteiger partial charge in [0.1, 0.15) is 5.75 Å². The van der Waals surface area contributed by atoms with Crippen LogP contribution in [0.4, 0.5) is 0 Å². The van der Waals surface area contributed by atoms with Crippen molar-refractivity contribution in [3.8, 4) is 5.75 Å². The number of nitrogens with two attached hydrogens (primary N) is 1. The van der Waals surface area contributed by atoms with Gasteiger partial charge in [-0.1, -0.05) is 19.1 Å². The lowest BCUT2D eigenvalue weighted by Crippen LogP contribution is -2.39. The Hall–Kier alpha value is -1.59. The number of carbonyl (C=O) groups excluding carboxylic acids is 1. The van der Waals surface area contributed by atoms with E-state index in [2.05, 4.69) is 5.32 Å². The van der Waals surface area contributed by atoms with Gasteiger partial charge in [-0.2, -0.15) is 0 Å². The first-order valence-corrected chi connectivity index (χ1v) is 6.01. The molecule has 0 aliphatic rings. The predicted octanol–water partition coefficient (Wildman–Crippen LogP) is 0.411. The number of rotatable bonds is 7. The van der Waals surface area contributed by atoms with Crippen LogP contribution in [0, 0.1) is 0 Å². The molecular formula is C13H20N2O3. The average molecular weight is 252 g/mol. The van der Waals surface area contributed by atoms with Crippen LogP contribution in [0.25, 0.3) is 0 Å². The number of benzene rings is 1. The van der Waals surface area contributed by atoms with Crippen LogP contribution in [-0.4, -0.2) is 30.3 Å². The van der Waals surface area contributed by atoms with Crippen LogP contribution in [0.2, 0.25) is 0 Å². The smallest absolute Gasteiger partial charge is 0.258 e. The molecule has 0 aliphatic carbocycles. The zero-order valence-electron chi connectivity index (χ0n) is 10.6. The van der Waals surface area contributed by atoms with E-state index >= 15 is 0 Å². The van der Waals surface area contributed by atoms with Gasteiger partial charge in [0.05, 0.1) is 12.6 Å². The third-order valence-corrected chi connectivity index (χ3v) is 2.61. The molecule has 1 rings (SSSR count). The van der Waals surface area contributed by atoms with Crippen LogP contribution >= 0.6 is 0 Å². The minimum atomic E-state index is -0.237. The minimum absolute atomic E-state index is 0.0571. The molecule has 0 unspecified atom stereocenters. The summed E-state index contributed by atoms with van der Waals surface area (Å²) in [5, 5.41) is 11.6. The highest BCUT2D eigenvalue weighted by molar-refractivity contribution is 5.77. The average Bonchev–Trinajstić information content (AvgIpc) is 2.43. The van der Waals surface area contributed by atoms with Crippen molar-refractivity contribution in [1.82, 2.24) is 5.32 Å². The fourth-order valence-electron chi connectivity index (χ4n) is 1.42. The molecule has 0 radical (unpaired) electrons. The van der Waals surface area contributed by atoms with E-state index in [1.807, 2.05) is 19.1 Å². The maximum Gasteiger partial charge on any atom is 0.258 e. The van der Waals surface area contributed by atoms with Crippen molar-refractivity contribution in [3.63, 3.8) is 0 Å². The highest BCUT2D eigenvalue weighted by Crippen LogP contribution is 2.11. The van der Waals surface area contributed by atoms with Crippen molar-refractivity contribution in [2.24, 2.45) is 5.73 Å². The monoisotopic (exact) mass is 252 g/mol. The van der Waals surface area contributed by atoms with Crippen LogP contribution in [-0.2, 0) is 11.3 Å². The Kier molecular flexibility index (Phi) is 6.18. The molecule has 5 nitrogen and oxygen atoms in total. The summed E-state index contributed by atoms with van der Waals surface area (Å²) in [6.07, 6.45) is 0.688. The molecule has 0 heterocycles. The lowest BCUT2D eigenvalue weighted by Gasteiger charge is -2.14. The van der Waals surface area contributed by atoms with Crippen molar-refractivity contribution in [1.29, 1.82) is 0 Å². The van der Waals surface area contributed by atoms with Gasteiger partial charge in [0.15, 0.2) is 6.61 Å². The van der Waals surface area contributed by atoms with E-state index in [4.69, 9.17) is 15.6 Å². The second-order valence-electron chi connectivity index (χ2n) is 3.99. The summed E-state index contributed by atoms with van der Waals surface area (Å²) in [6, 6.07) is 7.06. The van der Waals surface area contributed by atoms with Crippen molar-refractivity contribution >= 4 is 5.91 Å². The number of carbonyl (C=O) groups is 1. The molecule has 4 N–H and O–H groups in total. The second-order valence-corrected chi connectivity index (χ2v) is 3.99. The Labute approximate surface area is 107 Å². The Bertz CT molecular complexity index is 361. The largest absolute Gasteiger partial charge is 0.484 e. The van der Waals surface area contributed by atoms with Crippen LogP contribution in [0.5, 0.6) is 5.75 Å². The molecule has 0 fully saturated rings. The molecule has 0 aromatic heterocycles. The molecule has 1 amide bonds. The Morgan fingerprint density at radius 3 is 2.61 bits per heavy atom. The van der Waals surface area contributed by atoms with Crippen molar-refractivity contribution < 1.29 is 14.6 Å². The quantitative estimate of drug-likeness (QED) is 0.656. The number of aliphatic hydroxyl groups excluding tert-OH is 1. The minimum Gasteiger partial charge on any atom is -0.484 e. The molecule has 18 heavy (non-hydrogen) atoms. The molecule has 5 heteroatoms. The number of ether oxygens (including phenoxy) is 1. The van der Waals surface area contributed by atoms with Gasteiger partial charge in [-0.15, -0.1) is 0 Å². The number of amides is 1. The molecule has 0 spiro atoms. The first kappa shape index (κ1) is 14.5. The molecule has 100 valence electrons. The zero-order chi connectivity index (χ0) is 13.4. The maximum absolute atomic E-state index is 11.5. The summed E-state index contributed by atoms with van der Waals surface area (Å²) in [4.78, 5) is 11.5. The van der Waals surface area contributed by atoms with E-state index in [0.29, 0.717) is 18.7 Å². The molecule has 1 atom stereocenters. The molecule has 1 aromatic rings. The lowest BCUT2D eigenvalue weighted by molar-refractivity contribution is -0.124. The second kappa shape index (κ2) is 7.68. The maximum atomic E-state index is 11.5. The van der Waals surface area contributed by atoms with Gasteiger partial charge in [0.25, 0.3) is 5.91 Å². The first-order chi connectivity index (χ1) is 8.69. The summed E-state index contributed by atoms with van der Waals surface area (Å²) >= 11 is 0. The van der Waals surface area contributed by atoms with Gasteiger partial charge in [0.2, 0.25) is 0 Å². The van der Waals surface area contributed by atoms with E-state index in [0.717, 1.165) is 5.56 Å². The van der Waals surface area contributed by atoms with Crippen molar-refractivity contribution in [2.75, 3.05) is 13.2 Å². The Morgan fingerprint density at radius 1 is 1.44 bits per heavy atom. The standard InChI is InChI=1S/C13H20N2O3/c1-2-11(8-16)15-13(17)9-18-12-5-3-10(7-14)4-6-12/h3-6,11,16H,2,7-9,14H2,1H3,(H,15,17)/t11-/m1/s1. The lowest BCUT2D eigenvalue weighted by atomic mass is 10.2. The van der Waals surface area contributed by atoms with Gasteiger partial charge in [0, 0.05) is 6.54 Å². The SMILES string of the molecule is CC[C@H](CO)NC(=O)COc1ccc(CN)cc1. The number of hydrogen-bond acceptors (Lipinski definition) is 4. The molecule has 1 aromatic carbocycles. The topological polar surface area (TPSA) is 84.6 Å². The van der Waals surface area contributed by atoms with E-state index in [1.54, 1.807) is 12.1 Å². The molecule has 0 saturated heterocycles.